The molecule has 0 saturated carbocycles. The summed E-state index contributed by atoms with van der Waals surface area (Å²) in [5.74, 6) is -0.0888. The maximum atomic E-state index is 11.0. The van der Waals surface area contributed by atoms with Gasteiger partial charge in [0.05, 0.1) is 4.92 Å². The Kier molecular flexibility index (Phi) is 5.63. The minimum atomic E-state index is -0.550. The molecule has 1 rings (SSSR count). The van der Waals surface area contributed by atoms with Gasteiger partial charge < -0.3 is 16.4 Å². The normalized spacial score (nSPS) is 10.1. The van der Waals surface area contributed by atoms with E-state index in [0.717, 1.165) is 6.42 Å². The van der Waals surface area contributed by atoms with Crippen LogP contribution in [0.4, 0.5) is 17.5 Å². The topological polar surface area (TPSA) is 136 Å². The zero-order valence-corrected chi connectivity index (χ0v) is 11.5. The van der Waals surface area contributed by atoms with Crippen LogP contribution in [0.5, 0.6) is 0 Å². The quantitative estimate of drug-likeness (QED) is 0.474. The molecule has 0 spiro atoms. The molecule has 110 valence electrons. The first-order valence-electron chi connectivity index (χ1n) is 6.24. The minimum absolute atomic E-state index is 0.0674. The van der Waals surface area contributed by atoms with Crippen LogP contribution in [-0.4, -0.2) is 33.9 Å². The first kappa shape index (κ1) is 15.6. The van der Waals surface area contributed by atoms with Crippen molar-refractivity contribution in [1.82, 2.24) is 9.97 Å². The molecule has 0 bridgehead atoms. The highest BCUT2D eigenvalue weighted by Gasteiger charge is 2.21. The predicted octanol–water partition coefficient (Wildman–Crippen LogP) is 0.802. The van der Waals surface area contributed by atoms with Crippen molar-refractivity contribution < 1.29 is 9.72 Å². The number of nitro groups is 1. The minimum Gasteiger partial charge on any atom is -0.370 e. The van der Waals surface area contributed by atoms with Crippen LogP contribution in [0, 0.1) is 17.0 Å². The summed E-state index contributed by atoms with van der Waals surface area (Å²) < 4.78 is 0. The van der Waals surface area contributed by atoms with Gasteiger partial charge in [-0.15, -0.1) is 0 Å². The van der Waals surface area contributed by atoms with Crippen molar-refractivity contribution >= 4 is 23.4 Å². The summed E-state index contributed by atoms with van der Waals surface area (Å²) in [4.78, 5) is 29.3. The van der Waals surface area contributed by atoms with E-state index in [1.54, 1.807) is 0 Å². The molecule has 0 unspecified atom stereocenters. The molecule has 0 aliphatic heterocycles. The number of hydrogen-bond donors (Lipinski definition) is 3. The SMILES string of the molecule is CCCNc1nc(C)c([N+](=O)[O-])c(NCCC(N)=O)n1. The van der Waals surface area contributed by atoms with Crippen LogP contribution in [0.15, 0.2) is 0 Å². The summed E-state index contributed by atoms with van der Waals surface area (Å²) in [5.41, 5.74) is 5.08. The van der Waals surface area contributed by atoms with Crippen molar-refractivity contribution in [3.05, 3.63) is 15.8 Å². The number of carbonyl (C=O) groups is 1. The number of anilines is 2. The van der Waals surface area contributed by atoms with E-state index in [-0.39, 0.29) is 30.2 Å². The molecule has 0 aromatic carbocycles. The van der Waals surface area contributed by atoms with Crippen molar-refractivity contribution in [3.8, 4) is 0 Å². The number of nitrogens with two attached hydrogens (primary N) is 1. The molecule has 0 fully saturated rings. The van der Waals surface area contributed by atoms with Gasteiger partial charge in [0.1, 0.15) is 5.69 Å². The third-order valence-electron chi connectivity index (χ3n) is 2.44. The van der Waals surface area contributed by atoms with Crippen LogP contribution in [0.25, 0.3) is 0 Å². The molecule has 9 nitrogen and oxygen atoms in total. The van der Waals surface area contributed by atoms with Crippen molar-refractivity contribution in [2.24, 2.45) is 5.73 Å². The van der Waals surface area contributed by atoms with E-state index >= 15 is 0 Å². The lowest BCUT2D eigenvalue weighted by Crippen LogP contribution is -2.17. The van der Waals surface area contributed by atoms with Crippen molar-refractivity contribution in [2.45, 2.75) is 26.7 Å². The van der Waals surface area contributed by atoms with Crippen LogP contribution in [0.3, 0.4) is 0 Å². The van der Waals surface area contributed by atoms with Gasteiger partial charge in [-0.05, 0) is 13.3 Å². The highest BCUT2D eigenvalue weighted by Crippen LogP contribution is 2.26. The number of primary amides is 1. The molecule has 1 aromatic rings. The van der Waals surface area contributed by atoms with E-state index in [9.17, 15) is 14.9 Å². The number of amides is 1. The maximum absolute atomic E-state index is 11.0. The van der Waals surface area contributed by atoms with Crippen molar-refractivity contribution in [2.75, 3.05) is 23.7 Å². The fourth-order valence-electron chi connectivity index (χ4n) is 1.53. The van der Waals surface area contributed by atoms with Gasteiger partial charge in [0, 0.05) is 19.5 Å². The molecule has 1 aromatic heterocycles. The summed E-state index contributed by atoms with van der Waals surface area (Å²) in [6, 6.07) is 0. The molecule has 0 atom stereocenters. The van der Waals surface area contributed by atoms with Gasteiger partial charge in [0.25, 0.3) is 0 Å². The molecule has 4 N–H and O–H groups in total. The van der Waals surface area contributed by atoms with Crippen LogP contribution < -0.4 is 16.4 Å². The highest BCUT2D eigenvalue weighted by molar-refractivity contribution is 5.74. The smallest absolute Gasteiger partial charge is 0.332 e. The summed E-state index contributed by atoms with van der Waals surface area (Å²) in [6.45, 7) is 4.37. The molecule has 9 heteroatoms. The van der Waals surface area contributed by atoms with Gasteiger partial charge in [0.2, 0.25) is 17.7 Å². The van der Waals surface area contributed by atoms with Crippen molar-refractivity contribution in [1.29, 1.82) is 0 Å². The molecule has 20 heavy (non-hydrogen) atoms. The number of aryl methyl sites for hydroxylation is 1. The second-order valence-electron chi connectivity index (χ2n) is 4.16. The van der Waals surface area contributed by atoms with Gasteiger partial charge in [-0.3, -0.25) is 14.9 Å². The van der Waals surface area contributed by atoms with Crippen molar-refractivity contribution in [3.63, 3.8) is 0 Å². The van der Waals surface area contributed by atoms with Gasteiger partial charge >= 0.3 is 5.69 Å². The average Bonchev–Trinajstić information content (AvgIpc) is 2.34. The molecule has 0 saturated heterocycles. The molecule has 1 heterocycles. The van der Waals surface area contributed by atoms with E-state index < -0.39 is 10.8 Å². The fraction of sp³-hybridized carbons (Fsp3) is 0.545. The Bertz CT molecular complexity index is 505. The average molecular weight is 282 g/mol. The molecular weight excluding hydrogens is 264 g/mol. The lowest BCUT2D eigenvalue weighted by molar-refractivity contribution is -0.385. The number of carbonyl (C=O) groups excluding carboxylic acids is 1. The van der Waals surface area contributed by atoms with Gasteiger partial charge in [0.15, 0.2) is 0 Å². The van der Waals surface area contributed by atoms with Gasteiger partial charge in [-0.2, -0.15) is 4.98 Å². The zero-order valence-electron chi connectivity index (χ0n) is 11.5. The van der Waals surface area contributed by atoms with E-state index in [4.69, 9.17) is 5.73 Å². The third kappa shape index (κ3) is 4.34. The molecule has 0 aliphatic rings. The Morgan fingerprint density at radius 2 is 2.05 bits per heavy atom. The van der Waals surface area contributed by atoms with Crippen LogP contribution in [0.2, 0.25) is 0 Å². The summed E-state index contributed by atoms with van der Waals surface area (Å²) >= 11 is 0. The predicted molar refractivity (Wildman–Crippen MR) is 74.5 cm³/mol. The second kappa shape index (κ2) is 7.22. The van der Waals surface area contributed by atoms with E-state index in [2.05, 4.69) is 20.6 Å². The first-order valence-corrected chi connectivity index (χ1v) is 6.24. The highest BCUT2D eigenvalue weighted by atomic mass is 16.6. The lowest BCUT2D eigenvalue weighted by Gasteiger charge is -2.09. The summed E-state index contributed by atoms with van der Waals surface area (Å²) in [5, 5.41) is 16.8. The summed E-state index contributed by atoms with van der Waals surface area (Å²) in [7, 11) is 0. The van der Waals surface area contributed by atoms with E-state index in [1.165, 1.54) is 6.92 Å². The first-order chi connectivity index (χ1) is 9.45. The van der Waals surface area contributed by atoms with Crippen LogP contribution >= 0.6 is 0 Å². The largest absolute Gasteiger partial charge is 0.370 e. The Morgan fingerprint density at radius 1 is 1.35 bits per heavy atom. The van der Waals surface area contributed by atoms with Gasteiger partial charge in [-0.1, -0.05) is 6.92 Å². The van der Waals surface area contributed by atoms with Gasteiger partial charge in [-0.25, -0.2) is 4.98 Å². The molecule has 1 amide bonds. The monoisotopic (exact) mass is 282 g/mol. The van der Waals surface area contributed by atoms with Crippen LogP contribution in [-0.2, 0) is 4.79 Å². The number of aromatic nitrogens is 2. The zero-order chi connectivity index (χ0) is 15.1. The summed E-state index contributed by atoms with van der Waals surface area (Å²) in [6.07, 6.45) is 0.946. The number of nitrogens with zero attached hydrogens (tertiary/aromatic N) is 3. The Balaban J connectivity index is 2.98. The van der Waals surface area contributed by atoms with E-state index in [1.807, 2.05) is 6.92 Å². The fourth-order valence-corrected chi connectivity index (χ4v) is 1.53. The Hall–Kier alpha value is -2.45. The lowest BCUT2D eigenvalue weighted by atomic mass is 10.3. The third-order valence-corrected chi connectivity index (χ3v) is 2.44. The number of rotatable bonds is 8. The second-order valence-corrected chi connectivity index (χ2v) is 4.16. The molecule has 0 aliphatic carbocycles. The molecular formula is C11H18N6O3. The van der Waals surface area contributed by atoms with Crippen LogP contribution in [0.1, 0.15) is 25.5 Å². The number of nitrogens with one attached hydrogen (secondary N) is 2. The standard InChI is InChI=1S/C11H18N6O3/c1-3-5-14-11-15-7(2)9(17(19)20)10(16-11)13-6-4-8(12)18/h3-6H2,1-2H3,(H2,12,18)(H2,13,14,15,16). The Labute approximate surface area is 116 Å². The number of hydrogen-bond acceptors (Lipinski definition) is 7. The Morgan fingerprint density at radius 3 is 2.60 bits per heavy atom. The molecule has 0 radical (unpaired) electrons. The maximum Gasteiger partial charge on any atom is 0.332 e. The van der Waals surface area contributed by atoms with E-state index in [0.29, 0.717) is 12.5 Å².